The van der Waals surface area contributed by atoms with Crippen molar-refractivity contribution in [3.05, 3.63) is 41.6 Å². The number of H-pyrrole nitrogens is 1. The summed E-state index contributed by atoms with van der Waals surface area (Å²) < 4.78 is 60.4. The largest absolute Gasteiger partial charge is 0.476 e. The number of hydrogen-bond donors (Lipinski definition) is 3. The zero-order valence-corrected chi connectivity index (χ0v) is 17.6. The monoisotopic (exact) mass is 453 g/mol. The third kappa shape index (κ3) is 5.08. The Kier molecular flexibility index (Phi) is 6.68. The van der Waals surface area contributed by atoms with E-state index >= 15 is 0 Å². The summed E-state index contributed by atoms with van der Waals surface area (Å²) in [7, 11) is -3.83. The number of carbonyl (C=O) groups is 1. The number of carbonyl (C=O) groups excluding carboxylic acids is 1. The van der Waals surface area contributed by atoms with Gasteiger partial charge in [-0.1, -0.05) is 13.8 Å². The van der Waals surface area contributed by atoms with E-state index in [0.29, 0.717) is 24.1 Å². The lowest BCUT2D eigenvalue weighted by Crippen LogP contribution is -2.20. The van der Waals surface area contributed by atoms with Crippen molar-refractivity contribution in [2.75, 3.05) is 22.4 Å². The SMILES string of the molecule is CCCOc1n[nH]c2ncc(NC(=O)c3c(F)ccc(NS(=O)(=O)CCC)c3F)cc12. The molecule has 166 valence electrons. The van der Waals surface area contributed by atoms with Gasteiger partial charge >= 0.3 is 0 Å². The number of rotatable bonds is 9. The topological polar surface area (TPSA) is 126 Å². The van der Waals surface area contributed by atoms with Crippen molar-refractivity contribution in [2.24, 2.45) is 0 Å². The van der Waals surface area contributed by atoms with Crippen LogP contribution in [0.3, 0.4) is 0 Å². The van der Waals surface area contributed by atoms with Crippen LogP contribution in [-0.2, 0) is 10.0 Å². The van der Waals surface area contributed by atoms with Crippen LogP contribution in [-0.4, -0.2) is 41.9 Å². The van der Waals surface area contributed by atoms with Gasteiger partial charge in [0.25, 0.3) is 5.91 Å². The van der Waals surface area contributed by atoms with Crippen LogP contribution in [0.2, 0.25) is 0 Å². The molecule has 1 amide bonds. The number of nitrogens with zero attached hydrogens (tertiary/aromatic N) is 2. The number of ether oxygens (including phenoxy) is 1. The molecule has 3 rings (SSSR count). The quantitative estimate of drug-likeness (QED) is 0.456. The minimum absolute atomic E-state index is 0.149. The number of anilines is 2. The molecule has 0 atom stereocenters. The summed E-state index contributed by atoms with van der Waals surface area (Å²) in [5, 5.41) is 9.52. The molecule has 2 heterocycles. The molecule has 0 fully saturated rings. The molecular weight excluding hydrogens is 432 g/mol. The van der Waals surface area contributed by atoms with Crippen LogP contribution in [0.5, 0.6) is 5.88 Å². The molecule has 0 spiro atoms. The summed E-state index contributed by atoms with van der Waals surface area (Å²) in [6.07, 6.45) is 2.35. The highest BCUT2D eigenvalue weighted by Crippen LogP contribution is 2.26. The number of aromatic nitrogens is 3. The third-order valence-corrected chi connectivity index (χ3v) is 5.62. The number of amides is 1. The number of pyridine rings is 1. The van der Waals surface area contributed by atoms with Gasteiger partial charge in [-0.15, -0.1) is 5.10 Å². The normalized spacial score (nSPS) is 11.5. The number of fused-ring (bicyclic) bond motifs is 1. The molecule has 0 saturated heterocycles. The molecular formula is C19H21F2N5O4S. The van der Waals surface area contributed by atoms with E-state index in [1.54, 1.807) is 6.92 Å². The highest BCUT2D eigenvalue weighted by atomic mass is 32.2. The highest BCUT2D eigenvalue weighted by molar-refractivity contribution is 7.92. The smallest absolute Gasteiger partial charge is 0.261 e. The molecule has 0 radical (unpaired) electrons. The fourth-order valence-electron chi connectivity index (χ4n) is 2.78. The molecule has 1 aromatic carbocycles. The second-order valence-corrected chi connectivity index (χ2v) is 8.50. The van der Waals surface area contributed by atoms with E-state index in [9.17, 15) is 22.0 Å². The van der Waals surface area contributed by atoms with Gasteiger partial charge in [0.1, 0.15) is 11.4 Å². The summed E-state index contributed by atoms with van der Waals surface area (Å²) >= 11 is 0. The zero-order valence-electron chi connectivity index (χ0n) is 16.8. The van der Waals surface area contributed by atoms with Gasteiger partial charge in [0.05, 0.1) is 35.3 Å². The second-order valence-electron chi connectivity index (χ2n) is 6.66. The molecule has 0 aliphatic heterocycles. The molecule has 31 heavy (non-hydrogen) atoms. The first-order valence-electron chi connectivity index (χ1n) is 9.52. The summed E-state index contributed by atoms with van der Waals surface area (Å²) in [4.78, 5) is 16.7. The lowest BCUT2D eigenvalue weighted by atomic mass is 10.1. The van der Waals surface area contributed by atoms with Crippen molar-refractivity contribution in [1.82, 2.24) is 15.2 Å². The number of benzene rings is 1. The number of aromatic amines is 1. The van der Waals surface area contributed by atoms with Crippen LogP contribution < -0.4 is 14.8 Å². The molecule has 0 saturated carbocycles. The van der Waals surface area contributed by atoms with Gasteiger partial charge in [0, 0.05) is 0 Å². The maximum absolute atomic E-state index is 14.8. The second kappa shape index (κ2) is 9.25. The van der Waals surface area contributed by atoms with Crippen LogP contribution in [0.15, 0.2) is 24.4 Å². The van der Waals surface area contributed by atoms with E-state index < -0.39 is 38.8 Å². The Labute approximate surface area is 177 Å². The first-order valence-corrected chi connectivity index (χ1v) is 11.2. The fourth-order valence-corrected chi connectivity index (χ4v) is 3.91. The van der Waals surface area contributed by atoms with E-state index in [-0.39, 0.29) is 17.3 Å². The third-order valence-electron chi connectivity index (χ3n) is 4.14. The van der Waals surface area contributed by atoms with Gasteiger partial charge in [0.15, 0.2) is 11.5 Å². The number of hydrogen-bond acceptors (Lipinski definition) is 6. The van der Waals surface area contributed by atoms with E-state index in [2.05, 4.69) is 20.5 Å². The minimum atomic E-state index is -3.83. The molecule has 3 aromatic rings. The Morgan fingerprint density at radius 2 is 2.00 bits per heavy atom. The predicted molar refractivity (Wildman–Crippen MR) is 112 cm³/mol. The van der Waals surface area contributed by atoms with E-state index in [1.165, 1.54) is 12.3 Å². The van der Waals surface area contributed by atoms with Crippen LogP contribution in [0.1, 0.15) is 37.0 Å². The summed E-state index contributed by atoms with van der Waals surface area (Å²) in [5.41, 5.74) is -0.880. The van der Waals surface area contributed by atoms with Crippen molar-refractivity contribution < 1.29 is 26.7 Å². The maximum atomic E-state index is 14.8. The van der Waals surface area contributed by atoms with Crippen molar-refractivity contribution >= 4 is 38.3 Å². The molecule has 2 aromatic heterocycles. The van der Waals surface area contributed by atoms with E-state index in [0.717, 1.165) is 18.6 Å². The highest BCUT2D eigenvalue weighted by Gasteiger charge is 2.23. The maximum Gasteiger partial charge on any atom is 0.261 e. The number of sulfonamides is 1. The van der Waals surface area contributed by atoms with Crippen molar-refractivity contribution in [1.29, 1.82) is 0 Å². The summed E-state index contributed by atoms with van der Waals surface area (Å²) in [6.45, 7) is 3.99. The Balaban J connectivity index is 1.88. The van der Waals surface area contributed by atoms with Gasteiger partial charge in [-0.2, -0.15) is 0 Å². The van der Waals surface area contributed by atoms with Gasteiger partial charge in [-0.3, -0.25) is 14.6 Å². The van der Waals surface area contributed by atoms with Crippen molar-refractivity contribution in [2.45, 2.75) is 26.7 Å². The Morgan fingerprint density at radius 1 is 1.23 bits per heavy atom. The van der Waals surface area contributed by atoms with Crippen LogP contribution in [0.4, 0.5) is 20.2 Å². The van der Waals surface area contributed by atoms with Crippen molar-refractivity contribution in [3.63, 3.8) is 0 Å². The fraction of sp³-hybridized carbons (Fsp3) is 0.316. The average molecular weight is 453 g/mol. The Hall–Kier alpha value is -3.28. The zero-order chi connectivity index (χ0) is 22.6. The Bertz CT molecular complexity index is 1210. The lowest BCUT2D eigenvalue weighted by Gasteiger charge is -2.12. The molecule has 0 aliphatic carbocycles. The van der Waals surface area contributed by atoms with Gasteiger partial charge in [-0.05, 0) is 31.0 Å². The lowest BCUT2D eigenvalue weighted by molar-refractivity contribution is 0.101. The number of halogens is 2. The number of nitrogens with one attached hydrogen (secondary N) is 3. The van der Waals surface area contributed by atoms with Crippen molar-refractivity contribution in [3.8, 4) is 5.88 Å². The van der Waals surface area contributed by atoms with E-state index in [4.69, 9.17) is 4.74 Å². The first-order chi connectivity index (χ1) is 14.8. The molecule has 0 unspecified atom stereocenters. The molecule has 3 N–H and O–H groups in total. The standard InChI is InChI=1S/C19H21F2N5O4S/c1-3-7-30-19-12-9-11(10-22-17(12)24-25-19)23-18(27)15-13(20)5-6-14(16(15)21)26-31(28,29)8-4-2/h5-6,9-10,26H,3-4,7-8H2,1-2H3,(H,23,27)(H,22,24,25). The Morgan fingerprint density at radius 3 is 2.71 bits per heavy atom. The average Bonchev–Trinajstić information content (AvgIpc) is 3.11. The van der Waals surface area contributed by atoms with Gasteiger partial charge in [0.2, 0.25) is 15.9 Å². The molecule has 0 aliphatic rings. The van der Waals surface area contributed by atoms with Crippen LogP contribution in [0.25, 0.3) is 11.0 Å². The molecule has 9 nitrogen and oxygen atoms in total. The minimum Gasteiger partial charge on any atom is -0.476 e. The first kappa shape index (κ1) is 22.4. The van der Waals surface area contributed by atoms with Crippen LogP contribution >= 0.6 is 0 Å². The van der Waals surface area contributed by atoms with Crippen LogP contribution in [0, 0.1) is 11.6 Å². The van der Waals surface area contributed by atoms with Gasteiger partial charge in [-0.25, -0.2) is 22.2 Å². The van der Waals surface area contributed by atoms with Gasteiger partial charge < -0.3 is 10.1 Å². The molecule has 12 heteroatoms. The van der Waals surface area contributed by atoms with E-state index in [1.807, 2.05) is 11.6 Å². The predicted octanol–water partition coefficient (Wildman–Crippen LogP) is 3.43. The summed E-state index contributed by atoms with van der Waals surface area (Å²) in [6, 6.07) is 3.24. The summed E-state index contributed by atoms with van der Waals surface area (Å²) in [5.74, 6) is -3.53. The molecule has 0 bridgehead atoms.